The predicted molar refractivity (Wildman–Crippen MR) is 111 cm³/mol. The van der Waals surface area contributed by atoms with Crippen LogP contribution in [-0.4, -0.2) is 40.5 Å². The summed E-state index contributed by atoms with van der Waals surface area (Å²) < 4.78 is 37.7. The molecule has 0 spiro atoms. The number of rotatable bonds is 7. The number of carbonyl (C=O) groups excluding carboxylic acids is 2. The largest absolute Gasteiger partial charge is 0.496 e. The Morgan fingerprint density at radius 2 is 1.53 bits per heavy atom. The zero-order valence-corrected chi connectivity index (χ0v) is 18.3. The van der Waals surface area contributed by atoms with E-state index < -0.39 is 21.8 Å². The van der Waals surface area contributed by atoms with Crippen LogP contribution in [0.1, 0.15) is 34.6 Å². The molecule has 0 bridgehead atoms. The lowest BCUT2D eigenvalue weighted by Crippen LogP contribution is -2.41. The van der Waals surface area contributed by atoms with Crippen molar-refractivity contribution in [3.8, 4) is 11.5 Å². The Morgan fingerprint density at radius 1 is 0.933 bits per heavy atom. The molecule has 0 unspecified atom stereocenters. The van der Waals surface area contributed by atoms with Crippen LogP contribution in [0.2, 0.25) is 5.02 Å². The lowest BCUT2D eigenvalue weighted by Gasteiger charge is -2.14. The van der Waals surface area contributed by atoms with Gasteiger partial charge in [-0.15, -0.1) is 0 Å². The van der Waals surface area contributed by atoms with Crippen LogP contribution in [0.3, 0.4) is 0 Å². The van der Waals surface area contributed by atoms with Gasteiger partial charge in [0.15, 0.2) is 0 Å². The molecular weight excluding hydrogens is 434 g/mol. The first kappa shape index (κ1) is 23.5. The number of benzene rings is 2. The second kappa shape index (κ2) is 9.79. The van der Waals surface area contributed by atoms with Crippen LogP contribution in [0.25, 0.3) is 0 Å². The van der Waals surface area contributed by atoms with Crippen molar-refractivity contribution in [1.82, 2.24) is 15.6 Å². The van der Waals surface area contributed by atoms with Gasteiger partial charge in [-0.3, -0.25) is 20.4 Å². The fourth-order valence-electron chi connectivity index (χ4n) is 2.51. The molecule has 3 N–H and O–H groups in total. The minimum absolute atomic E-state index is 0.00158. The van der Waals surface area contributed by atoms with Gasteiger partial charge in [-0.2, -0.15) is 0 Å². The third-order valence-corrected chi connectivity index (χ3v) is 5.72. The lowest BCUT2D eigenvalue weighted by molar-refractivity contribution is 0.0844. The Hall–Kier alpha value is -2.82. The van der Waals surface area contributed by atoms with Crippen molar-refractivity contribution in [2.75, 3.05) is 14.2 Å². The van der Waals surface area contributed by atoms with Crippen molar-refractivity contribution in [3.05, 3.63) is 52.5 Å². The van der Waals surface area contributed by atoms with Gasteiger partial charge in [0.2, 0.25) is 10.0 Å². The Kier molecular flexibility index (Phi) is 7.65. The van der Waals surface area contributed by atoms with Gasteiger partial charge in [-0.25, -0.2) is 13.1 Å². The van der Waals surface area contributed by atoms with E-state index >= 15 is 0 Å². The average Bonchev–Trinajstić information content (AvgIpc) is 2.70. The first-order chi connectivity index (χ1) is 14.1. The molecule has 162 valence electrons. The van der Waals surface area contributed by atoms with Gasteiger partial charge < -0.3 is 9.47 Å². The first-order valence-electron chi connectivity index (χ1n) is 8.73. The number of carbonyl (C=O) groups is 2. The summed E-state index contributed by atoms with van der Waals surface area (Å²) in [5.74, 6) is -1.05. The fraction of sp³-hybridized carbons (Fsp3) is 0.263. The minimum Gasteiger partial charge on any atom is -0.496 e. The highest BCUT2D eigenvalue weighted by Gasteiger charge is 2.23. The Bertz CT molecular complexity index is 1060. The third kappa shape index (κ3) is 5.62. The number of methoxy groups -OCH3 is 2. The van der Waals surface area contributed by atoms with Crippen LogP contribution in [0, 0.1) is 0 Å². The fourth-order valence-corrected chi connectivity index (χ4v) is 4.13. The Balaban J connectivity index is 2.23. The number of hydrazine groups is 1. The van der Waals surface area contributed by atoms with E-state index in [2.05, 4.69) is 15.6 Å². The van der Waals surface area contributed by atoms with Gasteiger partial charge in [-0.05, 0) is 50.2 Å². The molecule has 0 aliphatic carbocycles. The third-order valence-electron chi connectivity index (χ3n) is 3.80. The van der Waals surface area contributed by atoms with Crippen molar-refractivity contribution in [2.45, 2.75) is 24.8 Å². The summed E-state index contributed by atoms with van der Waals surface area (Å²) in [6, 6.07) is 7.98. The number of nitrogens with one attached hydrogen (secondary N) is 3. The van der Waals surface area contributed by atoms with E-state index in [1.165, 1.54) is 38.5 Å². The van der Waals surface area contributed by atoms with Crippen LogP contribution < -0.4 is 25.0 Å². The quantitative estimate of drug-likeness (QED) is 0.549. The molecule has 2 aromatic rings. The second-order valence-electron chi connectivity index (χ2n) is 6.39. The molecule has 2 rings (SSSR count). The van der Waals surface area contributed by atoms with Crippen molar-refractivity contribution in [3.63, 3.8) is 0 Å². The normalized spacial score (nSPS) is 11.1. The summed E-state index contributed by atoms with van der Waals surface area (Å²) >= 11 is 5.90. The number of halogens is 1. The molecule has 2 aromatic carbocycles. The van der Waals surface area contributed by atoms with E-state index in [0.717, 1.165) is 6.07 Å². The van der Waals surface area contributed by atoms with E-state index in [4.69, 9.17) is 21.1 Å². The average molecular weight is 456 g/mol. The van der Waals surface area contributed by atoms with Crippen molar-refractivity contribution < 1.29 is 27.5 Å². The molecule has 0 aliphatic rings. The van der Waals surface area contributed by atoms with E-state index in [1.54, 1.807) is 19.9 Å². The molecule has 9 nitrogen and oxygen atoms in total. The molecule has 0 saturated heterocycles. The maximum absolute atomic E-state index is 12.5. The molecular formula is C19H22ClN3O6S. The zero-order chi connectivity index (χ0) is 22.5. The summed E-state index contributed by atoms with van der Waals surface area (Å²) in [5, 5.41) is 0.315. The summed E-state index contributed by atoms with van der Waals surface area (Å²) in [6.07, 6.45) is 0. The Morgan fingerprint density at radius 3 is 2.13 bits per heavy atom. The van der Waals surface area contributed by atoms with Gasteiger partial charge in [0.1, 0.15) is 16.4 Å². The van der Waals surface area contributed by atoms with Crippen LogP contribution >= 0.6 is 11.6 Å². The smallest absolute Gasteiger partial charge is 0.273 e. The van der Waals surface area contributed by atoms with Crippen LogP contribution in [0.15, 0.2) is 41.3 Å². The molecule has 0 aromatic heterocycles. The maximum atomic E-state index is 12.5. The van der Waals surface area contributed by atoms with E-state index in [9.17, 15) is 18.0 Å². The molecule has 0 aliphatic heterocycles. The maximum Gasteiger partial charge on any atom is 0.273 e. The highest BCUT2D eigenvalue weighted by molar-refractivity contribution is 7.89. The SMILES string of the molecule is COc1ccc(Cl)cc1C(=O)NNC(=O)c1ccc(OC)c(S(=O)(=O)NC(C)C)c1. The highest BCUT2D eigenvalue weighted by atomic mass is 35.5. The van der Waals surface area contributed by atoms with Crippen molar-refractivity contribution in [2.24, 2.45) is 0 Å². The first-order valence-corrected chi connectivity index (χ1v) is 10.6. The topological polar surface area (TPSA) is 123 Å². The number of amides is 2. The lowest BCUT2D eigenvalue weighted by atomic mass is 10.2. The summed E-state index contributed by atoms with van der Waals surface area (Å²) in [6.45, 7) is 3.33. The molecule has 2 amide bonds. The molecule has 0 radical (unpaired) electrons. The van der Waals surface area contributed by atoms with Crippen LogP contribution in [0.5, 0.6) is 11.5 Å². The second-order valence-corrected chi connectivity index (χ2v) is 8.51. The molecule has 0 atom stereocenters. The van der Waals surface area contributed by atoms with Crippen LogP contribution in [-0.2, 0) is 10.0 Å². The highest BCUT2D eigenvalue weighted by Crippen LogP contribution is 2.25. The van der Waals surface area contributed by atoms with Gasteiger partial charge >= 0.3 is 0 Å². The molecule has 30 heavy (non-hydrogen) atoms. The van der Waals surface area contributed by atoms with Gasteiger partial charge in [0.25, 0.3) is 11.8 Å². The molecule has 0 fully saturated rings. The van der Waals surface area contributed by atoms with E-state index in [0.29, 0.717) is 5.02 Å². The molecule has 11 heteroatoms. The molecule has 0 heterocycles. The summed E-state index contributed by atoms with van der Waals surface area (Å²) in [5.41, 5.74) is 4.59. The predicted octanol–water partition coefficient (Wildman–Crippen LogP) is 2.12. The number of ether oxygens (including phenoxy) is 2. The van der Waals surface area contributed by atoms with E-state index in [-0.39, 0.29) is 33.6 Å². The van der Waals surface area contributed by atoms with Gasteiger partial charge in [0, 0.05) is 16.6 Å². The monoisotopic (exact) mass is 455 g/mol. The number of hydrogen-bond donors (Lipinski definition) is 3. The van der Waals surface area contributed by atoms with Gasteiger partial charge in [0.05, 0.1) is 19.8 Å². The Labute approximate surface area is 179 Å². The summed E-state index contributed by atoms with van der Waals surface area (Å²) in [4.78, 5) is 24.6. The van der Waals surface area contributed by atoms with Crippen LogP contribution in [0.4, 0.5) is 0 Å². The van der Waals surface area contributed by atoms with Crippen molar-refractivity contribution in [1.29, 1.82) is 0 Å². The van der Waals surface area contributed by atoms with E-state index in [1.807, 2.05) is 0 Å². The number of sulfonamides is 1. The number of hydrogen-bond acceptors (Lipinski definition) is 6. The summed E-state index contributed by atoms with van der Waals surface area (Å²) in [7, 11) is -1.21. The zero-order valence-electron chi connectivity index (χ0n) is 16.8. The minimum atomic E-state index is -3.92. The standard InChI is InChI=1S/C19H22ClN3O6S/c1-11(2)23-30(26,27)17-9-12(5-7-16(17)29-4)18(24)21-22-19(25)14-10-13(20)6-8-15(14)28-3/h5-11,23H,1-4H3,(H,21,24)(H,22,25). The molecule has 0 saturated carbocycles. The van der Waals surface area contributed by atoms with Gasteiger partial charge in [-0.1, -0.05) is 11.6 Å². The van der Waals surface area contributed by atoms with Crippen molar-refractivity contribution >= 4 is 33.4 Å².